The number of hydrogen-bond acceptors (Lipinski definition) is 6. The quantitative estimate of drug-likeness (QED) is 0.705. The first-order valence-electron chi connectivity index (χ1n) is 8.88. The van der Waals surface area contributed by atoms with Crippen LogP contribution in [0.2, 0.25) is 5.02 Å². The van der Waals surface area contributed by atoms with Crippen LogP contribution in [0.1, 0.15) is 12.0 Å². The number of hydrogen-bond donors (Lipinski definition) is 0. The third kappa shape index (κ3) is 4.73. The Hall–Kier alpha value is -2.12. The van der Waals surface area contributed by atoms with Gasteiger partial charge in [-0.1, -0.05) is 11.6 Å². The Morgan fingerprint density at radius 3 is 2.28 bits per heavy atom. The molecule has 0 bridgehead atoms. The number of halogens is 1. The Labute approximate surface area is 176 Å². The van der Waals surface area contributed by atoms with Crippen LogP contribution in [0.15, 0.2) is 52.3 Å². The van der Waals surface area contributed by atoms with Crippen molar-refractivity contribution in [1.82, 2.24) is 4.31 Å². The smallest absolute Gasteiger partial charge is 0.244 e. The van der Waals surface area contributed by atoms with Crippen molar-refractivity contribution in [1.29, 1.82) is 5.26 Å². The van der Waals surface area contributed by atoms with Gasteiger partial charge in [-0.05, 0) is 48.9 Å². The Bertz CT molecular complexity index is 1160. The molecule has 0 saturated carbocycles. The van der Waals surface area contributed by atoms with E-state index in [-0.39, 0.29) is 21.4 Å². The van der Waals surface area contributed by atoms with Crippen molar-refractivity contribution in [3.05, 3.63) is 53.1 Å². The lowest BCUT2D eigenvalue weighted by Gasteiger charge is -2.24. The summed E-state index contributed by atoms with van der Waals surface area (Å²) in [6, 6.07) is 12.9. The molecule has 0 amide bonds. The highest BCUT2D eigenvalue weighted by Gasteiger charge is 2.30. The second kappa shape index (κ2) is 8.32. The summed E-state index contributed by atoms with van der Waals surface area (Å²) in [5.41, 5.74) is 1.48. The van der Waals surface area contributed by atoms with Gasteiger partial charge in [-0.25, -0.2) is 16.8 Å². The lowest BCUT2D eigenvalue weighted by Crippen LogP contribution is -2.35. The minimum Gasteiger partial charge on any atom is -0.370 e. The van der Waals surface area contributed by atoms with Crippen LogP contribution >= 0.6 is 11.6 Å². The van der Waals surface area contributed by atoms with Gasteiger partial charge in [0.25, 0.3) is 0 Å². The van der Waals surface area contributed by atoms with Gasteiger partial charge >= 0.3 is 0 Å². The molecular weight excluding hydrogens is 434 g/mol. The van der Waals surface area contributed by atoms with Crippen LogP contribution in [0.3, 0.4) is 0 Å². The van der Waals surface area contributed by atoms with Gasteiger partial charge in [0.2, 0.25) is 10.0 Å². The first-order chi connectivity index (χ1) is 13.6. The van der Waals surface area contributed by atoms with Gasteiger partial charge in [-0.3, -0.25) is 0 Å². The highest BCUT2D eigenvalue weighted by Crippen LogP contribution is 2.28. The monoisotopic (exact) mass is 453 g/mol. The van der Waals surface area contributed by atoms with E-state index in [1.165, 1.54) is 16.4 Å². The van der Waals surface area contributed by atoms with Crippen molar-refractivity contribution in [3.63, 3.8) is 0 Å². The third-order valence-electron chi connectivity index (χ3n) is 4.77. The largest absolute Gasteiger partial charge is 0.370 e. The topological polar surface area (TPSA) is 98.5 Å². The van der Waals surface area contributed by atoms with Crippen molar-refractivity contribution in [2.45, 2.75) is 16.2 Å². The summed E-state index contributed by atoms with van der Waals surface area (Å²) >= 11 is 6.11. The maximum absolute atomic E-state index is 13.2. The fraction of sp³-hybridized carbons (Fsp3) is 0.316. The molecule has 1 heterocycles. The zero-order valence-corrected chi connectivity index (χ0v) is 18.1. The van der Waals surface area contributed by atoms with E-state index in [9.17, 15) is 16.8 Å². The maximum Gasteiger partial charge on any atom is 0.244 e. The minimum atomic E-state index is -3.95. The van der Waals surface area contributed by atoms with E-state index in [0.717, 1.165) is 18.0 Å². The molecule has 1 aliphatic heterocycles. The summed E-state index contributed by atoms with van der Waals surface area (Å²) in [4.78, 5) is 1.77. The molecule has 0 atom stereocenters. The maximum atomic E-state index is 13.2. The highest BCUT2D eigenvalue weighted by molar-refractivity contribution is 7.91. The molecule has 1 fully saturated rings. The summed E-state index contributed by atoms with van der Waals surface area (Å²) in [5, 5.41) is 8.91. The Kier molecular flexibility index (Phi) is 6.19. The van der Waals surface area contributed by atoms with Crippen LogP contribution < -0.4 is 4.90 Å². The fourth-order valence-corrected chi connectivity index (χ4v) is 5.88. The van der Waals surface area contributed by atoms with E-state index >= 15 is 0 Å². The van der Waals surface area contributed by atoms with Gasteiger partial charge in [-0.15, -0.1) is 0 Å². The van der Waals surface area contributed by atoms with E-state index in [1.807, 2.05) is 12.1 Å². The van der Waals surface area contributed by atoms with E-state index in [4.69, 9.17) is 16.9 Å². The van der Waals surface area contributed by atoms with Gasteiger partial charge in [0, 0.05) is 38.1 Å². The molecule has 154 valence electrons. The number of nitriles is 1. The van der Waals surface area contributed by atoms with E-state index in [0.29, 0.717) is 31.6 Å². The highest BCUT2D eigenvalue weighted by atomic mass is 35.5. The van der Waals surface area contributed by atoms with Crippen LogP contribution in [0.25, 0.3) is 0 Å². The number of anilines is 1. The van der Waals surface area contributed by atoms with Crippen molar-refractivity contribution in [2.24, 2.45) is 0 Å². The average molecular weight is 454 g/mol. The molecule has 7 nitrogen and oxygen atoms in total. The lowest BCUT2D eigenvalue weighted by atomic mass is 10.2. The second-order valence-corrected chi connectivity index (χ2v) is 11.1. The molecule has 1 saturated heterocycles. The molecule has 29 heavy (non-hydrogen) atoms. The van der Waals surface area contributed by atoms with Crippen LogP contribution in [0.5, 0.6) is 0 Å². The number of sulfone groups is 1. The fourth-order valence-electron chi connectivity index (χ4n) is 3.19. The van der Waals surface area contributed by atoms with E-state index in [2.05, 4.69) is 11.0 Å². The molecule has 0 unspecified atom stereocenters. The van der Waals surface area contributed by atoms with Gasteiger partial charge < -0.3 is 4.90 Å². The van der Waals surface area contributed by atoms with Crippen LogP contribution in [0.4, 0.5) is 5.69 Å². The molecule has 0 radical (unpaired) electrons. The first-order valence-corrected chi connectivity index (χ1v) is 12.6. The Morgan fingerprint density at radius 2 is 1.66 bits per heavy atom. The number of nitrogens with zero attached hydrogens (tertiary/aromatic N) is 3. The second-order valence-electron chi connectivity index (χ2n) is 6.77. The predicted molar refractivity (Wildman–Crippen MR) is 111 cm³/mol. The van der Waals surface area contributed by atoms with Crippen molar-refractivity contribution in [2.75, 3.05) is 37.3 Å². The normalized spacial score (nSPS) is 16.2. The van der Waals surface area contributed by atoms with E-state index in [1.54, 1.807) is 12.1 Å². The number of sulfonamides is 1. The molecule has 0 aromatic heterocycles. The zero-order valence-electron chi connectivity index (χ0n) is 15.7. The molecule has 10 heteroatoms. The molecule has 0 N–H and O–H groups in total. The molecule has 2 aromatic carbocycles. The number of benzene rings is 2. The summed E-state index contributed by atoms with van der Waals surface area (Å²) in [6.45, 7) is 1.67. The molecule has 0 aliphatic carbocycles. The molecule has 3 rings (SSSR count). The molecule has 2 aromatic rings. The van der Waals surface area contributed by atoms with Gasteiger partial charge in [0.15, 0.2) is 9.84 Å². The van der Waals surface area contributed by atoms with Crippen LogP contribution in [-0.2, 0) is 19.9 Å². The lowest BCUT2D eigenvalue weighted by molar-refractivity contribution is 0.433. The summed E-state index contributed by atoms with van der Waals surface area (Å²) < 4.78 is 51.3. The Balaban J connectivity index is 1.85. The van der Waals surface area contributed by atoms with Gasteiger partial charge in [0.05, 0.1) is 21.6 Å². The van der Waals surface area contributed by atoms with E-state index < -0.39 is 19.9 Å². The summed E-state index contributed by atoms with van der Waals surface area (Å²) in [6.07, 6.45) is 1.62. The first kappa shape index (κ1) is 21.6. The van der Waals surface area contributed by atoms with Crippen molar-refractivity contribution < 1.29 is 16.8 Å². The molecule has 1 aliphatic rings. The number of rotatable bonds is 4. The summed E-state index contributed by atoms with van der Waals surface area (Å²) in [5.74, 6) is 0. The zero-order chi connectivity index (χ0) is 21.2. The molecular formula is C19H20ClN3O4S2. The van der Waals surface area contributed by atoms with Crippen molar-refractivity contribution in [3.8, 4) is 6.07 Å². The molecule has 0 spiro atoms. The standard InChI is InChI=1S/C19H20ClN3O4S2/c1-28(24,25)17-7-8-18(20)19(13-17)29(26,27)23-10-2-9-22(11-12-23)16-5-3-15(14-21)4-6-16/h3-8,13H,2,9-12H2,1H3. The van der Waals surface area contributed by atoms with Crippen LogP contribution in [0, 0.1) is 11.3 Å². The third-order valence-corrected chi connectivity index (χ3v) is 8.26. The van der Waals surface area contributed by atoms with Gasteiger partial charge in [0.1, 0.15) is 4.90 Å². The SMILES string of the molecule is CS(=O)(=O)c1ccc(Cl)c(S(=O)(=O)N2CCCN(c3ccc(C#N)cc3)CC2)c1. The minimum absolute atomic E-state index is 0.00871. The summed E-state index contributed by atoms with van der Waals surface area (Å²) in [7, 11) is -7.51. The average Bonchev–Trinajstić information content (AvgIpc) is 2.94. The Morgan fingerprint density at radius 1 is 0.966 bits per heavy atom. The van der Waals surface area contributed by atoms with Crippen molar-refractivity contribution >= 4 is 37.1 Å². The predicted octanol–water partition coefficient (Wildman–Crippen LogP) is 2.52. The van der Waals surface area contributed by atoms with Gasteiger partial charge in [-0.2, -0.15) is 9.57 Å². The van der Waals surface area contributed by atoms with Crippen LogP contribution in [-0.4, -0.2) is 53.6 Å².